The minimum absolute atomic E-state index is 0.00864. The largest absolute Gasteiger partial charge is 0.481 e. The molecule has 98 valence electrons. The third-order valence-corrected chi connectivity index (χ3v) is 3.07. The zero-order valence-electron chi connectivity index (χ0n) is 10.6. The predicted molar refractivity (Wildman–Crippen MR) is 67.8 cm³/mol. The van der Waals surface area contributed by atoms with E-state index in [4.69, 9.17) is 5.11 Å². The third-order valence-electron chi connectivity index (χ3n) is 3.07. The maximum Gasteiger partial charge on any atom is 0.310 e. The molecular formula is C14H18O4. The van der Waals surface area contributed by atoms with Gasteiger partial charge in [-0.15, -0.1) is 0 Å². The summed E-state index contributed by atoms with van der Waals surface area (Å²) in [6.07, 6.45) is 0.738. The van der Waals surface area contributed by atoms with Crippen LogP contribution in [0.5, 0.6) is 0 Å². The molecule has 4 nitrogen and oxygen atoms in total. The molecule has 1 unspecified atom stereocenters. The molecule has 0 amide bonds. The van der Waals surface area contributed by atoms with Gasteiger partial charge in [-0.1, -0.05) is 18.2 Å². The first-order valence-electron chi connectivity index (χ1n) is 5.94. The molecule has 0 heterocycles. The van der Waals surface area contributed by atoms with Crippen LogP contribution in [0, 0.1) is 13.8 Å². The Labute approximate surface area is 106 Å². The molecule has 4 heteroatoms. The molecule has 1 aromatic rings. The van der Waals surface area contributed by atoms with Crippen LogP contribution in [0.25, 0.3) is 0 Å². The molecule has 0 saturated carbocycles. The van der Waals surface area contributed by atoms with Crippen LogP contribution in [-0.4, -0.2) is 22.2 Å². The third kappa shape index (κ3) is 3.58. The molecule has 0 spiro atoms. The summed E-state index contributed by atoms with van der Waals surface area (Å²) in [6, 6.07) is 5.66. The van der Waals surface area contributed by atoms with Crippen LogP contribution in [-0.2, 0) is 9.59 Å². The Morgan fingerprint density at radius 1 is 1.17 bits per heavy atom. The van der Waals surface area contributed by atoms with Gasteiger partial charge >= 0.3 is 11.9 Å². The lowest BCUT2D eigenvalue weighted by molar-refractivity contribution is -0.140. The molecule has 1 aromatic carbocycles. The standard InChI is InChI=1S/C14H18O4/c1-9-5-3-6-10(2)13(9)11(14(17)18)7-4-8-12(15)16/h3,5-6,11H,4,7-8H2,1-2H3,(H,15,16)(H,17,18). The van der Waals surface area contributed by atoms with Crippen molar-refractivity contribution in [3.63, 3.8) is 0 Å². The molecule has 0 radical (unpaired) electrons. The number of aliphatic carboxylic acids is 2. The van der Waals surface area contributed by atoms with Crippen molar-refractivity contribution >= 4 is 11.9 Å². The van der Waals surface area contributed by atoms with Crippen molar-refractivity contribution in [1.29, 1.82) is 0 Å². The molecule has 1 rings (SSSR count). The maximum absolute atomic E-state index is 11.3. The molecule has 2 N–H and O–H groups in total. The van der Waals surface area contributed by atoms with Crippen molar-refractivity contribution in [2.75, 3.05) is 0 Å². The summed E-state index contributed by atoms with van der Waals surface area (Å²) in [5.74, 6) is -2.40. The number of carboxylic acids is 2. The Morgan fingerprint density at radius 2 is 1.72 bits per heavy atom. The van der Waals surface area contributed by atoms with E-state index < -0.39 is 17.9 Å². The minimum atomic E-state index is -0.891. The van der Waals surface area contributed by atoms with Crippen LogP contribution >= 0.6 is 0 Å². The zero-order chi connectivity index (χ0) is 13.7. The van der Waals surface area contributed by atoms with Crippen LogP contribution in [0.4, 0.5) is 0 Å². The van der Waals surface area contributed by atoms with E-state index in [0.29, 0.717) is 12.8 Å². The Hall–Kier alpha value is -1.84. The first-order valence-corrected chi connectivity index (χ1v) is 5.94. The fourth-order valence-corrected chi connectivity index (χ4v) is 2.23. The van der Waals surface area contributed by atoms with Crippen molar-refractivity contribution in [2.45, 2.75) is 39.0 Å². The lowest BCUT2D eigenvalue weighted by Crippen LogP contribution is -2.15. The molecule has 0 aliphatic carbocycles. The van der Waals surface area contributed by atoms with E-state index in [-0.39, 0.29) is 6.42 Å². The summed E-state index contributed by atoms with van der Waals surface area (Å²) in [5, 5.41) is 17.9. The Kier molecular flexibility index (Phi) is 4.89. The van der Waals surface area contributed by atoms with E-state index in [1.54, 1.807) is 0 Å². The second-order valence-electron chi connectivity index (χ2n) is 4.48. The summed E-state index contributed by atoms with van der Waals surface area (Å²) in [6.45, 7) is 3.77. The number of hydrogen-bond donors (Lipinski definition) is 2. The van der Waals surface area contributed by atoms with Gasteiger partial charge in [0.15, 0.2) is 0 Å². The first kappa shape index (κ1) is 14.2. The number of carboxylic acid groups (broad SMARTS) is 2. The van der Waals surface area contributed by atoms with Crippen molar-refractivity contribution in [1.82, 2.24) is 0 Å². The van der Waals surface area contributed by atoms with E-state index in [9.17, 15) is 14.7 Å². The van der Waals surface area contributed by atoms with E-state index in [0.717, 1.165) is 16.7 Å². The van der Waals surface area contributed by atoms with Crippen molar-refractivity contribution in [3.8, 4) is 0 Å². The topological polar surface area (TPSA) is 74.6 Å². The summed E-state index contributed by atoms with van der Waals surface area (Å²) >= 11 is 0. The van der Waals surface area contributed by atoms with Crippen molar-refractivity contribution in [3.05, 3.63) is 34.9 Å². The van der Waals surface area contributed by atoms with Crippen LogP contribution in [0.3, 0.4) is 0 Å². The molecule has 0 aliphatic heterocycles. The minimum Gasteiger partial charge on any atom is -0.481 e. The molecule has 0 fully saturated rings. The number of hydrogen-bond acceptors (Lipinski definition) is 2. The Bertz CT molecular complexity index is 431. The monoisotopic (exact) mass is 250 g/mol. The number of aryl methyl sites for hydroxylation is 2. The van der Waals surface area contributed by atoms with Crippen LogP contribution in [0.2, 0.25) is 0 Å². The van der Waals surface area contributed by atoms with Gasteiger partial charge in [0, 0.05) is 6.42 Å². The van der Waals surface area contributed by atoms with Gasteiger partial charge < -0.3 is 10.2 Å². The van der Waals surface area contributed by atoms with Gasteiger partial charge in [0.25, 0.3) is 0 Å². The Balaban J connectivity index is 2.91. The smallest absolute Gasteiger partial charge is 0.310 e. The zero-order valence-corrected chi connectivity index (χ0v) is 10.6. The quantitative estimate of drug-likeness (QED) is 0.814. The van der Waals surface area contributed by atoms with E-state index in [2.05, 4.69) is 0 Å². The normalized spacial score (nSPS) is 12.1. The van der Waals surface area contributed by atoms with Gasteiger partial charge in [0.1, 0.15) is 0 Å². The first-order chi connectivity index (χ1) is 8.43. The van der Waals surface area contributed by atoms with Gasteiger partial charge in [-0.3, -0.25) is 9.59 Å². The van der Waals surface area contributed by atoms with Gasteiger partial charge in [-0.2, -0.15) is 0 Å². The van der Waals surface area contributed by atoms with Gasteiger partial charge in [-0.05, 0) is 43.4 Å². The highest BCUT2D eigenvalue weighted by Crippen LogP contribution is 2.28. The Morgan fingerprint density at radius 3 is 2.17 bits per heavy atom. The van der Waals surface area contributed by atoms with Crippen molar-refractivity contribution in [2.24, 2.45) is 0 Å². The fourth-order valence-electron chi connectivity index (χ4n) is 2.23. The number of benzene rings is 1. The van der Waals surface area contributed by atoms with Gasteiger partial charge in [-0.25, -0.2) is 0 Å². The molecule has 0 bridgehead atoms. The van der Waals surface area contributed by atoms with E-state index in [1.807, 2.05) is 32.0 Å². The summed E-state index contributed by atoms with van der Waals surface area (Å²) in [5.41, 5.74) is 2.70. The average Bonchev–Trinajstić information content (AvgIpc) is 2.25. The molecule has 0 saturated heterocycles. The summed E-state index contributed by atoms with van der Waals surface area (Å²) < 4.78 is 0. The number of rotatable bonds is 6. The van der Waals surface area contributed by atoms with Crippen LogP contribution in [0.15, 0.2) is 18.2 Å². The fraction of sp³-hybridized carbons (Fsp3) is 0.429. The maximum atomic E-state index is 11.3. The molecule has 0 aliphatic rings. The van der Waals surface area contributed by atoms with Crippen LogP contribution in [0.1, 0.15) is 41.9 Å². The number of carbonyl (C=O) groups is 2. The van der Waals surface area contributed by atoms with Crippen LogP contribution < -0.4 is 0 Å². The lowest BCUT2D eigenvalue weighted by atomic mass is 9.87. The molecular weight excluding hydrogens is 232 g/mol. The molecule has 0 aromatic heterocycles. The molecule has 18 heavy (non-hydrogen) atoms. The predicted octanol–water partition coefficient (Wildman–Crippen LogP) is 2.73. The highest BCUT2D eigenvalue weighted by Gasteiger charge is 2.23. The summed E-state index contributed by atoms with van der Waals surface area (Å²) in [7, 11) is 0. The average molecular weight is 250 g/mol. The van der Waals surface area contributed by atoms with E-state index in [1.165, 1.54) is 0 Å². The van der Waals surface area contributed by atoms with Gasteiger partial charge in [0.05, 0.1) is 5.92 Å². The highest BCUT2D eigenvalue weighted by molar-refractivity contribution is 5.77. The molecule has 1 atom stereocenters. The van der Waals surface area contributed by atoms with E-state index >= 15 is 0 Å². The second-order valence-corrected chi connectivity index (χ2v) is 4.48. The summed E-state index contributed by atoms with van der Waals surface area (Å²) in [4.78, 5) is 21.8. The van der Waals surface area contributed by atoms with Gasteiger partial charge in [0.2, 0.25) is 0 Å². The lowest BCUT2D eigenvalue weighted by Gasteiger charge is -2.17. The van der Waals surface area contributed by atoms with Crippen molar-refractivity contribution < 1.29 is 19.8 Å². The highest BCUT2D eigenvalue weighted by atomic mass is 16.4. The SMILES string of the molecule is Cc1cccc(C)c1C(CCCC(=O)O)C(=O)O. The second kappa shape index (κ2) is 6.19.